The van der Waals surface area contributed by atoms with E-state index in [-0.39, 0.29) is 0 Å². The van der Waals surface area contributed by atoms with E-state index >= 15 is 0 Å². The van der Waals surface area contributed by atoms with Crippen LogP contribution in [-0.2, 0) is 16.4 Å². The summed E-state index contributed by atoms with van der Waals surface area (Å²) in [6.45, 7) is 0.918. The third kappa shape index (κ3) is 2.73. The molecule has 1 heterocycles. The fourth-order valence-electron chi connectivity index (χ4n) is 2.31. The minimum absolute atomic E-state index is 0.302. The molecule has 1 aliphatic rings. The number of ether oxygens (including phenoxy) is 2. The van der Waals surface area contributed by atoms with Crippen molar-refractivity contribution in [3.63, 3.8) is 0 Å². The van der Waals surface area contributed by atoms with Gasteiger partial charge in [-0.1, -0.05) is 0 Å². The molecule has 7 heteroatoms. The van der Waals surface area contributed by atoms with Gasteiger partial charge >= 0.3 is 0 Å². The lowest BCUT2D eigenvalue weighted by Gasteiger charge is -2.28. The number of benzene rings is 1. The predicted octanol–water partition coefficient (Wildman–Crippen LogP) is 1.88. The van der Waals surface area contributed by atoms with E-state index in [4.69, 9.17) is 21.1 Å². The molecule has 0 N–H and O–H groups in total. The summed E-state index contributed by atoms with van der Waals surface area (Å²) in [5.74, 6) is 1.43. The summed E-state index contributed by atoms with van der Waals surface area (Å²) in [7, 11) is -0.446. The Morgan fingerprint density at radius 1 is 1.25 bits per heavy atom. The Labute approximate surface area is 124 Å². The molecule has 2 rings (SSSR count). The number of hydrogen-bond donors (Lipinski definition) is 0. The number of nitrogens with zero attached hydrogens (tertiary/aromatic N) is 1. The summed E-state index contributed by atoms with van der Waals surface area (Å²) in [5.41, 5.74) is 0.768. The van der Waals surface area contributed by atoms with Crippen LogP contribution in [0.1, 0.15) is 12.0 Å². The van der Waals surface area contributed by atoms with Gasteiger partial charge in [-0.15, -0.1) is 11.6 Å². The number of alkyl halides is 1. The van der Waals surface area contributed by atoms with E-state index in [2.05, 4.69) is 0 Å². The second-order valence-corrected chi connectivity index (χ2v) is 6.80. The lowest BCUT2D eigenvalue weighted by Crippen LogP contribution is -2.38. The quantitative estimate of drug-likeness (QED) is 0.778. The standard InChI is InChI=1S/C13H18ClNO4S/c1-18-11-8-10-4-7-15(6-3-5-14)20(16,17)13(10)9-12(11)19-2/h8-9H,3-7H2,1-2H3. The molecule has 0 aliphatic carbocycles. The van der Waals surface area contributed by atoms with E-state index in [0.29, 0.717) is 48.2 Å². The molecule has 0 fully saturated rings. The van der Waals surface area contributed by atoms with Crippen LogP contribution in [0.5, 0.6) is 11.5 Å². The first-order chi connectivity index (χ1) is 9.54. The number of rotatable bonds is 5. The number of sulfonamides is 1. The molecule has 0 saturated carbocycles. The zero-order valence-electron chi connectivity index (χ0n) is 11.6. The molecule has 0 radical (unpaired) electrons. The van der Waals surface area contributed by atoms with Crippen molar-refractivity contribution in [1.29, 1.82) is 0 Å². The Balaban J connectivity index is 2.44. The average Bonchev–Trinajstić information content (AvgIpc) is 2.45. The monoisotopic (exact) mass is 319 g/mol. The zero-order valence-corrected chi connectivity index (χ0v) is 13.1. The normalized spacial score (nSPS) is 17.6. The SMILES string of the molecule is COc1cc2c(cc1OC)S(=O)(=O)N(CCCCl)CC2. The Hall–Kier alpha value is -0.980. The zero-order chi connectivity index (χ0) is 14.8. The van der Waals surface area contributed by atoms with Crippen molar-refractivity contribution in [2.45, 2.75) is 17.7 Å². The van der Waals surface area contributed by atoms with Gasteiger partial charge in [-0.25, -0.2) is 8.42 Å². The van der Waals surface area contributed by atoms with Gasteiger partial charge in [0.15, 0.2) is 11.5 Å². The maximum absolute atomic E-state index is 12.6. The Kier molecular flexibility index (Phi) is 4.78. The first-order valence-electron chi connectivity index (χ1n) is 6.35. The van der Waals surface area contributed by atoms with Gasteiger partial charge in [0.2, 0.25) is 10.0 Å². The van der Waals surface area contributed by atoms with Crippen LogP contribution in [0.3, 0.4) is 0 Å². The van der Waals surface area contributed by atoms with Crippen LogP contribution < -0.4 is 9.47 Å². The van der Waals surface area contributed by atoms with Crippen LogP contribution in [0.4, 0.5) is 0 Å². The van der Waals surface area contributed by atoms with Crippen molar-refractivity contribution in [1.82, 2.24) is 4.31 Å². The van der Waals surface area contributed by atoms with Crippen LogP contribution >= 0.6 is 11.6 Å². The summed E-state index contributed by atoms with van der Waals surface area (Å²) in [5, 5.41) is 0. The molecule has 112 valence electrons. The molecular weight excluding hydrogens is 302 g/mol. The van der Waals surface area contributed by atoms with E-state index in [0.717, 1.165) is 5.56 Å². The molecule has 0 aromatic heterocycles. The lowest BCUT2D eigenvalue weighted by molar-refractivity contribution is 0.350. The van der Waals surface area contributed by atoms with Gasteiger partial charge in [0.1, 0.15) is 0 Å². The Morgan fingerprint density at radius 3 is 2.50 bits per heavy atom. The van der Waals surface area contributed by atoms with Crippen molar-refractivity contribution in [3.05, 3.63) is 17.7 Å². The van der Waals surface area contributed by atoms with Crippen LogP contribution in [0.2, 0.25) is 0 Å². The highest BCUT2D eigenvalue weighted by atomic mass is 35.5. The first-order valence-corrected chi connectivity index (χ1v) is 8.33. The second-order valence-electron chi connectivity index (χ2n) is 4.51. The second kappa shape index (κ2) is 6.20. The highest BCUT2D eigenvalue weighted by molar-refractivity contribution is 7.89. The predicted molar refractivity (Wildman–Crippen MR) is 77.3 cm³/mol. The van der Waals surface area contributed by atoms with E-state index in [1.807, 2.05) is 0 Å². The van der Waals surface area contributed by atoms with Crippen molar-refractivity contribution in [2.75, 3.05) is 33.2 Å². The minimum Gasteiger partial charge on any atom is -0.493 e. The van der Waals surface area contributed by atoms with Crippen molar-refractivity contribution >= 4 is 21.6 Å². The third-order valence-electron chi connectivity index (χ3n) is 3.36. The number of halogens is 1. The molecule has 0 atom stereocenters. The fourth-order valence-corrected chi connectivity index (χ4v) is 4.16. The molecule has 20 heavy (non-hydrogen) atoms. The smallest absolute Gasteiger partial charge is 0.243 e. The van der Waals surface area contributed by atoms with Crippen molar-refractivity contribution < 1.29 is 17.9 Å². The van der Waals surface area contributed by atoms with Crippen LogP contribution in [0.15, 0.2) is 17.0 Å². The summed E-state index contributed by atoms with van der Waals surface area (Å²) in [6.07, 6.45) is 1.31. The molecule has 1 aliphatic heterocycles. The summed E-state index contributed by atoms with van der Waals surface area (Å²) >= 11 is 5.64. The molecule has 0 bridgehead atoms. The molecule has 0 unspecified atom stereocenters. The van der Waals surface area contributed by atoms with Crippen LogP contribution in [0, 0.1) is 0 Å². The maximum atomic E-state index is 12.6. The van der Waals surface area contributed by atoms with Crippen LogP contribution in [-0.4, -0.2) is 45.9 Å². The Bertz CT molecular complexity index is 588. The van der Waals surface area contributed by atoms with E-state index in [9.17, 15) is 8.42 Å². The van der Waals surface area contributed by atoms with Crippen molar-refractivity contribution in [2.24, 2.45) is 0 Å². The van der Waals surface area contributed by atoms with Gasteiger partial charge in [0, 0.05) is 25.0 Å². The largest absolute Gasteiger partial charge is 0.493 e. The van der Waals surface area contributed by atoms with E-state index < -0.39 is 10.0 Å². The maximum Gasteiger partial charge on any atom is 0.243 e. The van der Waals surface area contributed by atoms with Crippen molar-refractivity contribution in [3.8, 4) is 11.5 Å². The molecule has 5 nitrogen and oxygen atoms in total. The summed E-state index contributed by atoms with van der Waals surface area (Å²) in [4.78, 5) is 0.302. The Morgan fingerprint density at radius 2 is 1.90 bits per heavy atom. The molecule has 0 spiro atoms. The number of fused-ring (bicyclic) bond motifs is 1. The molecule has 1 aromatic carbocycles. The van der Waals surface area contributed by atoms with Gasteiger partial charge in [-0.2, -0.15) is 4.31 Å². The number of hydrogen-bond acceptors (Lipinski definition) is 4. The minimum atomic E-state index is -3.47. The summed E-state index contributed by atoms with van der Waals surface area (Å²) < 4.78 is 37.0. The van der Waals surface area contributed by atoms with Gasteiger partial charge in [0.25, 0.3) is 0 Å². The molecule has 0 saturated heterocycles. The molecule has 0 amide bonds. The highest BCUT2D eigenvalue weighted by Gasteiger charge is 2.32. The highest BCUT2D eigenvalue weighted by Crippen LogP contribution is 2.36. The topological polar surface area (TPSA) is 55.8 Å². The fraction of sp³-hybridized carbons (Fsp3) is 0.538. The number of methoxy groups -OCH3 is 2. The first kappa shape index (κ1) is 15.4. The third-order valence-corrected chi connectivity index (χ3v) is 5.60. The van der Waals surface area contributed by atoms with E-state index in [1.54, 1.807) is 6.07 Å². The van der Waals surface area contributed by atoms with E-state index in [1.165, 1.54) is 24.6 Å². The average molecular weight is 320 g/mol. The summed E-state index contributed by atoms with van der Waals surface area (Å²) in [6, 6.07) is 3.28. The van der Waals surface area contributed by atoms with Gasteiger partial charge in [0.05, 0.1) is 19.1 Å². The van der Waals surface area contributed by atoms with Gasteiger partial charge in [-0.3, -0.25) is 0 Å². The van der Waals surface area contributed by atoms with Gasteiger partial charge in [-0.05, 0) is 24.5 Å². The molecule has 1 aromatic rings. The van der Waals surface area contributed by atoms with Gasteiger partial charge < -0.3 is 9.47 Å². The lowest BCUT2D eigenvalue weighted by atomic mass is 10.1. The van der Waals surface area contributed by atoms with Crippen LogP contribution in [0.25, 0.3) is 0 Å². The molecular formula is C13H18ClNO4S.